The summed E-state index contributed by atoms with van der Waals surface area (Å²) < 4.78 is 0. The molecule has 0 fully saturated rings. The maximum atomic E-state index is 3.50. The van der Waals surface area contributed by atoms with E-state index < -0.39 is 0 Å². The van der Waals surface area contributed by atoms with Gasteiger partial charge in [-0.25, -0.2) is 0 Å². The quantitative estimate of drug-likeness (QED) is 0.646. The summed E-state index contributed by atoms with van der Waals surface area (Å²) in [5.41, 5.74) is 0. The molecule has 1 nitrogen and oxygen atoms in total. The molecule has 0 aromatic heterocycles. The van der Waals surface area contributed by atoms with Crippen molar-refractivity contribution in [3.05, 3.63) is 0 Å². The molecule has 0 bridgehead atoms. The van der Waals surface area contributed by atoms with Crippen molar-refractivity contribution in [2.24, 2.45) is 0 Å². The zero-order valence-corrected chi connectivity index (χ0v) is 9.69. The first-order chi connectivity index (χ1) is 5.17. The van der Waals surface area contributed by atoms with Crippen LogP contribution in [0.5, 0.6) is 0 Å². The van der Waals surface area contributed by atoms with Gasteiger partial charge in [-0.2, -0.15) is 0 Å². The maximum Gasteiger partial charge on any atom is 0.0185 e. The third-order valence-electron chi connectivity index (χ3n) is 2.44. The Morgan fingerprint density at radius 1 is 1.27 bits per heavy atom. The van der Waals surface area contributed by atoms with Crippen LogP contribution in [0.1, 0.15) is 33.6 Å². The van der Waals surface area contributed by atoms with Gasteiger partial charge in [0.2, 0.25) is 0 Å². The Bertz CT molecular complexity index is 91.6. The van der Waals surface area contributed by atoms with Crippen molar-refractivity contribution in [2.75, 3.05) is 12.4 Å². The van der Waals surface area contributed by atoms with E-state index >= 15 is 0 Å². The minimum atomic E-state index is 0.653. The molecule has 0 heterocycles. The second-order valence-electron chi connectivity index (χ2n) is 3.14. The standard InChI is InChI=1S/C9H20BrN/c1-5-9(6-2)11(4)8(3)7-10/h8-9H,5-7H2,1-4H3. The molecule has 11 heavy (non-hydrogen) atoms. The number of halogens is 1. The van der Waals surface area contributed by atoms with Crippen LogP contribution in [-0.2, 0) is 0 Å². The zero-order chi connectivity index (χ0) is 8.85. The molecule has 0 aromatic rings. The second kappa shape index (κ2) is 6.01. The van der Waals surface area contributed by atoms with Gasteiger partial charge in [0.05, 0.1) is 0 Å². The van der Waals surface area contributed by atoms with Gasteiger partial charge in [0.1, 0.15) is 0 Å². The molecule has 0 spiro atoms. The Morgan fingerprint density at radius 3 is 2.00 bits per heavy atom. The highest BCUT2D eigenvalue weighted by molar-refractivity contribution is 9.09. The lowest BCUT2D eigenvalue weighted by Crippen LogP contribution is -2.38. The zero-order valence-electron chi connectivity index (χ0n) is 8.10. The fourth-order valence-corrected chi connectivity index (χ4v) is 1.79. The van der Waals surface area contributed by atoms with E-state index in [2.05, 4.69) is 48.6 Å². The van der Waals surface area contributed by atoms with Crippen LogP contribution in [0.2, 0.25) is 0 Å². The van der Waals surface area contributed by atoms with Gasteiger partial charge in [0, 0.05) is 17.4 Å². The van der Waals surface area contributed by atoms with Crippen LogP contribution >= 0.6 is 15.9 Å². The normalized spacial score (nSPS) is 14.5. The molecule has 0 aromatic carbocycles. The van der Waals surface area contributed by atoms with E-state index in [9.17, 15) is 0 Å². The molecular weight excluding hydrogens is 202 g/mol. The Balaban J connectivity index is 3.86. The Morgan fingerprint density at radius 2 is 1.73 bits per heavy atom. The summed E-state index contributed by atoms with van der Waals surface area (Å²) in [4.78, 5) is 2.45. The number of nitrogens with zero attached hydrogens (tertiary/aromatic N) is 1. The van der Waals surface area contributed by atoms with Gasteiger partial charge in [0.15, 0.2) is 0 Å². The fraction of sp³-hybridized carbons (Fsp3) is 1.00. The molecule has 0 amide bonds. The van der Waals surface area contributed by atoms with Gasteiger partial charge in [-0.15, -0.1) is 0 Å². The van der Waals surface area contributed by atoms with Crippen molar-refractivity contribution in [3.8, 4) is 0 Å². The molecule has 68 valence electrons. The summed E-state index contributed by atoms with van der Waals surface area (Å²) in [6.45, 7) is 6.77. The van der Waals surface area contributed by atoms with Gasteiger partial charge in [0.25, 0.3) is 0 Å². The lowest BCUT2D eigenvalue weighted by atomic mass is 10.1. The minimum Gasteiger partial charge on any atom is -0.300 e. The highest BCUT2D eigenvalue weighted by atomic mass is 79.9. The monoisotopic (exact) mass is 221 g/mol. The van der Waals surface area contributed by atoms with Crippen LogP contribution in [0.4, 0.5) is 0 Å². The number of hydrogen-bond donors (Lipinski definition) is 0. The van der Waals surface area contributed by atoms with E-state index in [1.807, 2.05) is 0 Å². The van der Waals surface area contributed by atoms with E-state index in [1.54, 1.807) is 0 Å². The second-order valence-corrected chi connectivity index (χ2v) is 3.79. The van der Waals surface area contributed by atoms with Gasteiger partial charge in [-0.1, -0.05) is 29.8 Å². The molecule has 1 unspecified atom stereocenters. The number of rotatable bonds is 5. The first-order valence-corrected chi connectivity index (χ1v) is 5.57. The summed E-state index contributed by atoms with van der Waals surface area (Å²) in [5, 5.41) is 1.07. The van der Waals surface area contributed by atoms with Crippen molar-refractivity contribution in [1.29, 1.82) is 0 Å². The molecule has 0 aliphatic heterocycles. The smallest absolute Gasteiger partial charge is 0.0185 e. The van der Waals surface area contributed by atoms with Crippen LogP contribution in [0, 0.1) is 0 Å². The van der Waals surface area contributed by atoms with Crippen LogP contribution < -0.4 is 0 Å². The Kier molecular flexibility index (Phi) is 6.25. The topological polar surface area (TPSA) is 3.24 Å². The van der Waals surface area contributed by atoms with E-state index in [-0.39, 0.29) is 0 Å². The van der Waals surface area contributed by atoms with Crippen molar-refractivity contribution in [3.63, 3.8) is 0 Å². The summed E-state index contributed by atoms with van der Waals surface area (Å²) >= 11 is 3.50. The summed E-state index contributed by atoms with van der Waals surface area (Å²) in [7, 11) is 2.21. The highest BCUT2D eigenvalue weighted by Gasteiger charge is 2.14. The maximum absolute atomic E-state index is 3.50. The van der Waals surface area contributed by atoms with Crippen molar-refractivity contribution in [2.45, 2.75) is 45.7 Å². The predicted molar refractivity (Wildman–Crippen MR) is 55.4 cm³/mol. The van der Waals surface area contributed by atoms with Gasteiger partial charge in [-0.05, 0) is 26.8 Å². The molecular formula is C9H20BrN. The van der Waals surface area contributed by atoms with Crippen LogP contribution in [0.3, 0.4) is 0 Å². The first kappa shape index (κ1) is 11.4. The molecule has 0 saturated heterocycles. The average molecular weight is 222 g/mol. The van der Waals surface area contributed by atoms with Gasteiger partial charge in [-0.3, -0.25) is 4.90 Å². The Labute approximate surface area is 79.3 Å². The highest BCUT2D eigenvalue weighted by Crippen LogP contribution is 2.10. The molecule has 0 saturated carbocycles. The first-order valence-electron chi connectivity index (χ1n) is 4.45. The molecule has 0 radical (unpaired) electrons. The molecule has 0 aliphatic rings. The number of hydrogen-bond acceptors (Lipinski definition) is 1. The number of alkyl halides is 1. The van der Waals surface area contributed by atoms with Crippen LogP contribution in [0.15, 0.2) is 0 Å². The third kappa shape index (κ3) is 3.57. The van der Waals surface area contributed by atoms with Crippen molar-refractivity contribution >= 4 is 15.9 Å². The minimum absolute atomic E-state index is 0.653. The Hall–Kier alpha value is 0.440. The average Bonchev–Trinajstić information content (AvgIpc) is 2.05. The SMILES string of the molecule is CCC(CC)N(C)C(C)CBr. The van der Waals surface area contributed by atoms with Gasteiger partial charge >= 0.3 is 0 Å². The largest absolute Gasteiger partial charge is 0.300 e. The third-order valence-corrected chi connectivity index (χ3v) is 3.37. The molecule has 2 heteroatoms. The lowest BCUT2D eigenvalue weighted by molar-refractivity contribution is 0.189. The summed E-state index contributed by atoms with van der Waals surface area (Å²) in [6, 6.07) is 1.41. The molecule has 1 atom stereocenters. The van der Waals surface area contributed by atoms with Crippen LogP contribution in [0.25, 0.3) is 0 Å². The van der Waals surface area contributed by atoms with Gasteiger partial charge < -0.3 is 0 Å². The van der Waals surface area contributed by atoms with Crippen molar-refractivity contribution in [1.82, 2.24) is 4.90 Å². The summed E-state index contributed by atoms with van der Waals surface area (Å²) in [5.74, 6) is 0. The van der Waals surface area contributed by atoms with Crippen molar-refractivity contribution < 1.29 is 0 Å². The van der Waals surface area contributed by atoms with Crippen LogP contribution in [-0.4, -0.2) is 29.4 Å². The lowest BCUT2D eigenvalue weighted by Gasteiger charge is -2.30. The molecule has 0 aliphatic carbocycles. The fourth-order valence-electron chi connectivity index (χ4n) is 1.33. The summed E-state index contributed by atoms with van der Waals surface area (Å²) in [6.07, 6.45) is 2.51. The van der Waals surface area contributed by atoms with E-state index in [1.165, 1.54) is 12.8 Å². The van der Waals surface area contributed by atoms with E-state index in [4.69, 9.17) is 0 Å². The predicted octanol–water partition coefficient (Wildman–Crippen LogP) is 2.89. The molecule has 0 N–H and O–H groups in total. The molecule has 0 rings (SSSR count). The van der Waals surface area contributed by atoms with E-state index in [0.717, 1.165) is 11.4 Å². The van der Waals surface area contributed by atoms with E-state index in [0.29, 0.717) is 6.04 Å².